The molecule has 0 unspecified atom stereocenters. The second kappa shape index (κ2) is 9.32. The van der Waals surface area contributed by atoms with Gasteiger partial charge in [-0.15, -0.1) is 12.4 Å². The zero-order valence-electron chi connectivity index (χ0n) is 13.1. The molecule has 0 spiro atoms. The molecule has 1 fully saturated rings. The van der Waals surface area contributed by atoms with Crippen LogP contribution in [-0.2, 0) is 16.1 Å². The summed E-state index contributed by atoms with van der Waals surface area (Å²) in [6.07, 6.45) is 1.13. The summed E-state index contributed by atoms with van der Waals surface area (Å²) < 4.78 is 16.9. The molecule has 0 bridgehead atoms. The Morgan fingerprint density at radius 2 is 2.13 bits per heavy atom. The first-order valence-corrected chi connectivity index (χ1v) is 7.92. The molecule has 1 aromatic rings. The predicted molar refractivity (Wildman–Crippen MR) is 93.3 cm³/mol. The molecule has 1 saturated heterocycles. The van der Waals surface area contributed by atoms with Crippen LogP contribution in [0.4, 0.5) is 0 Å². The van der Waals surface area contributed by atoms with E-state index < -0.39 is 6.10 Å². The van der Waals surface area contributed by atoms with Crippen LogP contribution in [0.25, 0.3) is 0 Å². The smallest absolute Gasteiger partial charge is 0.249 e. The summed E-state index contributed by atoms with van der Waals surface area (Å²) in [5.41, 5.74) is 6.46. The fourth-order valence-corrected chi connectivity index (χ4v) is 3.10. The Morgan fingerprint density at radius 3 is 2.70 bits per heavy atom. The molecule has 1 amide bonds. The van der Waals surface area contributed by atoms with Crippen LogP contribution in [0.5, 0.6) is 11.5 Å². The third-order valence-corrected chi connectivity index (χ3v) is 4.21. The summed E-state index contributed by atoms with van der Waals surface area (Å²) in [4.78, 5) is 12.1. The lowest BCUT2D eigenvalue weighted by Gasteiger charge is -2.14. The van der Waals surface area contributed by atoms with Gasteiger partial charge in [0.05, 0.1) is 24.8 Å². The van der Waals surface area contributed by atoms with Gasteiger partial charge < -0.3 is 25.3 Å². The van der Waals surface area contributed by atoms with Crippen LogP contribution in [0.1, 0.15) is 18.4 Å². The highest BCUT2D eigenvalue weighted by Gasteiger charge is 2.29. The first kappa shape index (κ1) is 20.0. The third kappa shape index (κ3) is 4.97. The maximum atomic E-state index is 12.1. The minimum atomic E-state index is -0.405. The van der Waals surface area contributed by atoms with Gasteiger partial charge in [-0.05, 0) is 46.5 Å². The molecule has 0 aromatic heterocycles. The number of hydrogen-bond donors (Lipinski definition) is 2. The average Bonchev–Trinajstić information content (AvgIpc) is 3.01. The van der Waals surface area contributed by atoms with Gasteiger partial charge in [-0.25, -0.2) is 0 Å². The first-order chi connectivity index (χ1) is 10.6. The van der Waals surface area contributed by atoms with Gasteiger partial charge in [0, 0.05) is 13.1 Å². The van der Waals surface area contributed by atoms with E-state index >= 15 is 0 Å². The Balaban J connectivity index is 0.00000264. The van der Waals surface area contributed by atoms with Gasteiger partial charge >= 0.3 is 0 Å². The van der Waals surface area contributed by atoms with E-state index in [1.54, 1.807) is 14.2 Å². The Labute approximate surface area is 150 Å². The van der Waals surface area contributed by atoms with Gasteiger partial charge in [0.2, 0.25) is 5.91 Å². The number of hydrogen-bond acceptors (Lipinski definition) is 5. The number of nitrogens with two attached hydrogens (primary N) is 1. The highest BCUT2D eigenvalue weighted by atomic mass is 79.9. The van der Waals surface area contributed by atoms with Crippen molar-refractivity contribution in [2.45, 2.75) is 31.6 Å². The molecule has 8 heteroatoms. The highest BCUT2D eigenvalue weighted by molar-refractivity contribution is 9.10. The van der Waals surface area contributed by atoms with Gasteiger partial charge in [-0.3, -0.25) is 4.79 Å². The van der Waals surface area contributed by atoms with E-state index in [9.17, 15) is 4.79 Å². The molecule has 2 rings (SSSR count). The van der Waals surface area contributed by atoms with Crippen molar-refractivity contribution in [3.05, 3.63) is 22.2 Å². The number of ether oxygens (including phenoxy) is 3. The molecule has 23 heavy (non-hydrogen) atoms. The number of halogens is 2. The maximum Gasteiger partial charge on any atom is 0.249 e. The van der Waals surface area contributed by atoms with E-state index in [4.69, 9.17) is 19.9 Å². The third-order valence-electron chi connectivity index (χ3n) is 3.62. The number of nitrogens with one attached hydrogen (secondary N) is 1. The van der Waals surface area contributed by atoms with Gasteiger partial charge in [0.15, 0.2) is 11.5 Å². The molecule has 0 aliphatic carbocycles. The standard InChI is InChI=1S/C15H21BrN2O4.ClH/c1-20-13-6-9(5-11(16)14(13)21-2)8-18-15(19)12-4-3-10(7-17)22-12;/h5-6,10,12H,3-4,7-8,17H2,1-2H3,(H,18,19);1H/t10-,12+;/m1./s1. The zero-order chi connectivity index (χ0) is 16.1. The lowest BCUT2D eigenvalue weighted by Crippen LogP contribution is -2.35. The second-order valence-corrected chi connectivity index (χ2v) is 5.95. The molecular formula is C15H22BrClN2O4. The minimum Gasteiger partial charge on any atom is -0.493 e. The molecule has 1 aliphatic rings. The molecular weight excluding hydrogens is 388 g/mol. The quantitative estimate of drug-likeness (QED) is 0.751. The first-order valence-electron chi connectivity index (χ1n) is 7.12. The van der Waals surface area contributed by atoms with E-state index in [0.29, 0.717) is 31.0 Å². The zero-order valence-corrected chi connectivity index (χ0v) is 15.5. The van der Waals surface area contributed by atoms with Crippen LogP contribution in [0.3, 0.4) is 0 Å². The Bertz CT molecular complexity index is 544. The Kier molecular flexibility index (Phi) is 8.11. The van der Waals surface area contributed by atoms with Crippen molar-refractivity contribution in [2.24, 2.45) is 5.73 Å². The maximum absolute atomic E-state index is 12.1. The number of rotatable bonds is 6. The molecule has 130 valence electrons. The van der Waals surface area contributed by atoms with Crippen molar-refractivity contribution in [1.82, 2.24) is 5.32 Å². The topological polar surface area (TPSA) is 82.8 Å². The Morgan fingerprint density at radius 1 is 1.39 bits per heavy atom. The SMILES string of the molecule is COc1cc(CNC(=O)[C@@H]2CC[C@H](CN)O2)cc(Br)c1OC.Cl. The van der Waals surface area contributed by atoms with E-state index in [-0.39, 0.29) is 24.4 Å². The number of carbonyl (C=O) groups excluding carboxylic acids is 1. The molecule has 0 radical (unpaired) electrons. The summed E-state index contributed by atoms with van der Waals surface area (Å²) in [5.74, 6) is 1.13. The predicted octanol–water partition coefficient (Wildman–Crippen LogP) is 2.01. The van der Waals surface area contributed by atoms with Crippen LogP contribution < -0.4 is 20.5 Å². The van der Waals surface area contributed by atoms with Crippen molar-refractivity contribution in [1.29, 1.82) is 0 Å². The fourth-order valence-electron chi connectivity index (χ4n) is 2.45. The number of carbonyl (C=O) groups is 1. The van der Waals surface area contributed by atoms with E-state index in [2.05, 4.69) is 21.2 Å². The minimum absolute atomic E-state index is 0. The largest absolute Gasteiger partial charge is 0.493 e. The molecule has 1 aliphatic heterocycles. The van der Waals surface area contributed by atoms with Gasteiger partial charge in [-0.1, -0.05) is 0 Å². The van der Waals surface area contributed by atoms with Gasteiger partial charge in [0.25, 0.3) is 0 Å². The van der Waals surface area contributed by atoms with Crippen molar-refractivity contribution >= 4 is 34.2 Å². The van der Waals surface area contributed by atoms with Crippen LogP contribution in [0.2, 0.25) is 0 Å². The molecule has 3 N–H and O–H groups in total. The van der Waals surface area contributed by atoms with Crippen molar-refractivity contribution < 1.29 is 19.0 Å². The average molecular weight is 410 g/mol. The summed E-state index contributed by atoms with van der Waals surface area (Å²) in [7, 11) is 3.15. The fraction of sp³-hybridized carbons (Fsp3) is 0.533. The summed E-state index contributed by atoms with van der Waals surface area (Å²) in [6.45, 7) is 0.845. The van der Waals surface area contributed by atoms with E-state index in [0.717, 1.165) is 16.5 Å². The number of methoxy groups -OCH3 is 2. The van der Waals surface area contributed by atoms with E-state index in [1.165, 1.54) is 0 Å². The highest BCUT2D eigenvalue weighted by Crippen LogP contribution is 2.36. The lowest BCUT2D eigenvalue weighted by atomic mass is 10.1. The van der Waals surface area contributed by atoms with Crippen molar-refractivity contribution in [2.75, 3.05) is 20.8 Å². The van der Waals surface area contributed by atoms with Crippen molar-refractivity contribution in [3.63, 3.8) is 0 Å². The molecule has 1 heterocycles. The molecule has 0 saturated carbocycles. The van der Waals surface area contributed by atoms with Gasteiger partial charge in [-0.2, -0.15) is 0 Å². The van der Waals surface area contributed by atoms with E-state index in [1.807, 2.05) is 12.1 Å². The van der Waals surface area contributed by atoms with Crippen LogP contribution in [0, 0.1) is 0 Å². The van der Waals surface area contributed by atoms with Gasteiger partial charge in [0.1, 0.15) is 6.10 Å². The van der Waals surface area contributed by atoms with Crippen molar-refractivity contribution in [3.8, 4) is 11.5 Å². The molecule has 1 aromatic carbocycles. The summed E-state index contributed by atoms with van der Waals surface area (Å²) in [5, 5.41) is 2.88. The summed E-state index contributed by atoms with van der Waals surface area (Å²) >= 11 is 3.43. The lowest BCUT2D eigenvalue weighted by molar-refractivity contribution is -0.132. The molecule has 2 atom stereocenters. The van der Waals surface area contributed by atoms with Crippen LogP contribution in [-0.4, -0.2) is 38.9 Å². The molecule has 6 nitrogen and oxygen atoms in total. The second-order valence-electron chi connectivity index (χ2n) is 5.09. The normalized spacial score (nSPS) is 19.8. The number of benzene rings is 1. The Hall–Kier alpha value is -1.02. The summed E-state index contributed by atoms with van der Waals surface area (Å²) in [6, 6.07) is 3.72. The monoisotopic (exact) mass is 408 g/mol. The number of amides is 1. The van der Waals surface area contributed by atoms with Crippen LogP contribution >= 0.6 is 28.3 Å². The van der Waals surface area contributed by atoms with Crippen LogP contribution in [0.15, 0.2) is 16.6 Å².